The molecule has 6 N–H and O–H groups in total. The number of aromatic nitrogens is 1. The van der Waals surface area contributed by atoms with Gasteiger partial charge < -0.3 is 21.8 Å². The highest BCUT2D eigenvalue weighted by atomic mass is 19.1. The van der Waals surface area contributed by atoms with Crippen molar-refractivity contribution in [2.45, 2.75) is 13.5 Å². The van der Waals surface area contributed by atoms with E-state index in [-0.39, 0.29) is 11.5 Å². The van der Waals surface area contributed by atoms with Gasteiger partial charge in [0.05, 0.1) is 0 Å². The van der Waals surface area contributed by atoms with Crippen LogP contribution in [0, 0.1) is 17.7 Å². The summed E-state index contributed by atoms with van der Waals surface area (Å²) in [5.74, 6) is -0.598. The van der Waals surface area contributed by atoms with E-state index in [2.05, 4.69) is 15.6 Å². The molecule has 0 spiro atoms. The number of allylic oxidation sites excluding steroid dienone is 1. The van der Waals surface area contributed by atoms with E-state index in [1.54, 1.807) is 25.4 Å². The van der Waals surface area contributed by atoms with Gasteiger partial charge in [0.25, 0.3) is 0 Å². The third kappa shape index (κ3) is 5.14. The van der Waals surface area contributed by atoms with Crippen molar-refractivity contribution in [3.8, 4) is 11.1 Å². The van der Waals surface area contributed by atoms with Gasteiger partial charge in [-0.1, -0.05) is 30.3 Å². The third-order valence-corrected chi connectivity index (χ3v) is 4.87. The number of hydrogen-bond acceptors (Lipinski definition) is 6. The molecule has 1 aromatic heterocycles. The Morgan fingerprint density at radius 3 is 2.48 bits per heavy atom. The Morgan fingerprint density at radius 1 is 1.10 bits per heavy atom. The maximum atomic E-state index is 14.9. The summed E-state index contributed by atoms with van der Waals surface area (Å²) in [6, 6.07) is 16.6. The van der Waals surface area contributed by atoms with E-state index >= 15 is 0 Å². The number of pyridine rings is 1. The highest BCUT2D eigenvalue weighted by Gasteiger charge is 2.14. The molecule has 1 heterocycles. The minimum atomic E-state index is -0.716. The monoisotopic (exact) mass is 416 g/mol. The van der Waals surface area contributed by atoms with E-state index in [0.29, 0.717) is 23.4 Å². The summed E-state index contributed by atoms with van der Waals surface area (Å²) in [6.45, 7) is 2.34. The van der Waals surface area contributed by atoms with Crippen molar-refractivity contribution in [3.05, 3.63) is 94.8 Å². The van der Waals surface area contributed by atoms with Gasteiger partial charge in [0.2, 0.25) is 0 Å². The Balaban J connectivity index is 1.73. The Hall–Kier alpha value is -4.00. The number of hydrogen-bond donors (Lipinski definition) is 5. The fraction of sp³-hybridized carbons (Fsp3) is 0.125. The van der Waals surface area contributed by atoms with E-state index in [4.69, 9.17) is 16.6 Å². The van der Waals surface area contributed by atoms with Crippen LogP contribution in [0.1, 0.15) is 22.4 Å². The second-order valence-corrected chi connectivity index (χ2v) is 7.04. The number of nitrogens with two attached hydrogens (primary N) is 1. The molecule has 0 aliphatic carbocycles. The molecule has 6 nitrogen and oxygen atoms in total. The second-order valence-electron chi connectivity index (χ2n) is 7.04. The summed E-state index contributed by atoms with van der Waals surface area (Å²) >= 11 is 0. The molecule has 158 valence electrons. The van der Waals surface area contributed by atoms with E-state index < -0.39 is 5.83 Å². The largest absolute Gasteiger partial charge is 0.398 e. The molecule has 0 fully saturated rings. The number of nitrogens with one attached hydrogen (secondary N) is 4. The van der Waals surface area contributed by atoms with Gasteiger partial charge in [-0.15, -0.1) is 0 Å². The summed E-state index contributed by atoms with van der Waals surface area (Å²) < 4.78 is 14.9. The molecule has 0 bridgehead atoms. The SMILES string of the molecule is CN/C(NCc1ccc(-c2ccnc(C)c2)cc1)=C(/F)C(=N)c1ccc(N)c(C=N)c1. The number of benzene rings is 2. The highest BCUT2D eigenvalue weighted by Crippen LogP contribution is 2.20. The first-order valence-corrected chi connectivity index (χ1v) is 9.75. The van der Waals surface area contributed by atoms with Crippen LogP contribution in [-0.4, -0.2) is 24.0 Å². The molecule has 0 aliphatic rings. The van der Waals surface area contributed by atoms with Gasteiger partial charge in [-0.2, -0.15) is 0 Å². The van der Waals surface area contributed by atoms with E-state index in [0.717, 1.165) is 28.6 Å². The molecule has 3 rings (SSSR count). The number of aryl methyl sites for hydroxylation is 1. The first kappa shape index (κ1) is 21.7. The fourth-order valence-electron chi connectivity index (χ4n) is 3.11. The standard InChI is InChI=1S/C24H25FN6/c1-15-11-18(9-10-30-15)17-5-3-16(4-6-17)14-31-24(29-2)22(25)23(28)19-7-8-21(27)20(12-19)13-26/h3-13,26,28-29,31H,14,27H2,1-2H3/b24-22-,26-13?,28-23?. The first-order chi connectivity index (χ1) is 14.9. The van der Waals surface area contributed by atoms with Crippen molar-refractivity contribution in [3.63, 3.8) is 0 Å². The molecule has 2 aromatic carbocycles. The second kappa shape index (κ2) is 9.67. The zero-order chi connectivity index (χ0) is 22.4. The average molecular weight is 417 g/mol. The molecule has 0 amide bonds. The van der Waals surface area contributed by atoms with Gasteiger partial charge >= 0.3 is 0 Å². The lowest BCUT2D eigenvalue weighted by atomic mass is 10.0. The van der Waals surface area contributed by atoms with Gasteiger partial charge in [-0.05, 0) is 47.9 Å². The summed E-state index contributed by atoms with van der Waals surface area (Å²) in [5, 5.41) is 21.4. The molecular weight excluding hydrogens is 391 g/mol. The summed E-state index contributed by atoms with van der Waals surface area (Å²) in [6.07, 6.45) is 2.87. The summed E-state index contributed by atoms with van der Waals surface area (Å²) in [5.41, 5.74) is 10.8. The van der Waals surface area contributed by atoms with Crippen LogP contribution in [0.15, 0.2) is 72.4 Å². The minimum absolute atomic E-state index is 0.118. The lowest BCUT2D eigenvalue weighted by Crippen LogP contribution is -2.26. The molecule has 7 heteroatoms. The van der Waals surface area contributed by atoms with Crippen molar-refractivity contribution >= 4 is 17.6 Å². The molecule has 3 aromatic rings. The summed E-state index contributed by atoms with van der Waals surface area (Å²) in [7, 11) is 1.59. The van der Waals surface area contributed by atoms with Crippen LogP contribution in [0.4, 0.5) is 10.1 Å². The first-order valence-electron chi connectivity index (χ1n) is 9.75. The van der Waals surface area contributed by atoms with Crippen LogP contribution >= 0.6 is 0 Å². The Morgan fingerprint density at radius 2 is 1.84 bits per heavy atom. The van der Waals surface area contributed by atoms with Gasteiger partial charge in [-0.25, -0.2) is 4.39 Å². The number of halogens is 1. The van der Waals surface area contributed by atoms with Gasteiger partial charge in [-0.3, -0.25) is 10.4 Å². The molecule has 0 saturated carbocycles. The van der Waals surface area contributed by atoms with Crippen LogP contribution in [-0.2, 0) is 6.54 Å². The predicted molar refractivity (Wildman–Crippen MR) is 124 cm³/mol. The normalized spacial score (nSPS) is 11.5. The number of nitrogen functional groups attached to an aromatic ring is 1. The average Bonchev–Trinajstić information content (AvgIpc) is 2.79. The molecule has 31 heavy (non-hydrogen) atoms. The van der Waals surface area contributed by atoms with Crippen molar-refractivity contribution in [2.75, 3.05) is 12.8 Å². The van der Waals surface area contributed by atoms with Gasteiger partial charge in [0.1, 0.15) is 11.5 Å². The molecule has 0 radical (unpaired) electrons. The third-order valence-electron chi connectivity index (χ3n) is 4.87. The molecular formula is C24H25FN6. The Labute approximate surface area is 181 Å². The molecule has 0 atom stereocenters. The fourth-order valence-corrected chi connectivity index (χ4v) is 3.11. The van der Waals surface area contributed by atoms with Crippen molar-refractivity contribution in [2.24, 2.45) is 0 Å². The van der Waals surface area contributed by atoms with Gasteiger partial charge in [0, 0.05) is 48.5 Å². The highest BCUT2D eigenvalue weighted by molar-refractivity contribution is 6.10. The maximum Gasteiger partial charge on any atom is 0.188 e. The van der Waals surface area contributed by atoms with Crippen LogP contribution in [0.5, 0.6) is 0 Å². The number of rotatable bonds is 8. The zero-order valence-electron chi connectivity index (χ0n) is 17.5. The van der Waals surface area contributed by atoms with Crippen molar-refractivity contribution in [1.82, 2.24) is 15.6 Å². The smallest absolute Gasteiger partial charge is 0.188 e. The Kier molecular flexibility index (Phi) is 6.77. The van der Waals surface area contributed by atoms with Crippen LogP contribution in [0.2, 0.25) is 0 Å². The predicted octanol–water partition coefficient (Wildman–Crippen LogP) is 4.15. The quantitative estimate of drug-likeness (QED) is 0.281. The van der Waals surface area contributed by atoms with Crippen molar-refractivity contribution < 1.29 is 4.39 Å². The van der Waals surface area contributed by atoms with E-state index in [1.165, 1.54) is 6.07 Å². The lowest BCUT2D eigenvalue weighted by Gasteiger charge is -2.14. The Bertz CT molecular complexity index is 1140. The summed E-state index contributed by atoms with van der Waals surface area (Å²) in [4.78, 5) is 4.22. The number of anilines is 1. The number of nitrogens with zero attached hydrogens (tertiary/aromatic N) is 1. The van der Waals surface area contributed by atoms with E-state index in [9.17, 15) is 4.39 Å². The maximum absolute atomic E-state index is 14.9. The van der Waals surface area contributed by atoms with Crippen LogP contribution in [0.25, 0.3) is 11.1 Å². The van der Waals surface area contributed by atoms with Crippen LogP contribution < -0.4 is 16.4 Å². The molecule has 0 saturated heterocycles. The zero-order valence-corrected chi connectivity index (χ0v) is 17.5. The van der Waals surface area contributed by atoms with Crippen molar-refractivity contribution in [1.29, 1.82) is 10.8 Å². The van der Waals surface area contributed by atoms with Gasteiger partial charge in [0.15, 0.2) is 5.83 Å². The minimum Gasteiger partial charge on any atom is -0.398 e. The van der Waals surface area contributed by atoms with E-state index in [1.807, 2.05) is 43.3 Å². The molecule has 0 aliphatic heterocycles. The molecule has 0 unspecified atom stereocenters. The topological polar surface area (TPSA) is 111 Å². The lowest BCUT2D eigenvalue weighted by molar-refractivity contribution is 0.613. The van der Waals surface area contributed by atoms with Crippen LogP contribution in [0.3, 0.4) is 0 Å².